The Hall–Kier alpha value is -1.02. The number of hydrogen-bond acceptors (Lipinski definition) is 2. The summed E-state index contributed by atoms with van der Waals surface area (Å²) in [6.07, 6.45) is 1.08. The molecule has 2 nitrogen and oxygen atoms in total. The standard InChI is InChI=1S/C14H23NO/c1-10(2)7-8-16-14-9-11(3)5-6-13(14)12(4)15/h5-6,9-10,12H,7-8,15H2,1-4H3/t12-/m1/s1. The molecule has 1 atom stereocenters. The average Bonchev–Trinajstić information content (AvgIpc) is 2.16. The third kappa shape index (κ3) is 3.86. The summed E-state index contributed by atoms with van der Waals surface area (Å²) in [6.45, 7) is 9.22. The summed E-state index contributed by atoms with van der Waals surface area (Å²) in [7, 11) is 0. The van der Waals surface area contributed by atoms with Crippen LogP contribution in [0.15, 0.2) is 18.2 Å². The van der Waals surface area contributed by atoms with Crippen LogP contribution >= 0.6 is 0 Å². The van der Waals surface area contributed by atoms with E-state index >= 15 is 0 Å². The molecular formula is C14H23NO. The molecule has 0 aliphatic carbocycles. The molecule has 0 amide bonds. The van der Waals surface area contributed by atoms with E-state index in [9.17, 15) is 0 Å². The molecule has 0 saturated carbocycles. The van der Waals surface area contributed by atoms with Gasteiger partial charge in [-0.3, -0.25) is 0 Å². The SMILES string of the molecule is Cc1ccc([C@@H](C)N)c(OCCC(C)C)c1. The number of ether oxygens (including phenoxy) is 1. The molecule has 1 aromatic rings. The largest absolute Gasteiger partial charge is 0.493 e. The molecule has 0 heterocycles. The molecular weight excluding hydrogens is 198 g/mol. The molecule has 1 aromatic carbocycles. The fraction of sp³-hybridized carbons (Fsp3) is 0.571. The van der Waals surface area contributed by atoms with Crippen molar-refractivity contribution >= 4 is 0 Å². The molecule has 0 fully saturated rings. The van der Waals surface area contributed by atoms with Crippen LogP contribution in [-0.4, -0.2) is 6.61 Å². The summed E-state index contributed by atoms with van der Waals surface area (Å²) in [6, 6.07) is 6.23. The zero-order valence-electron chi connectivity index (χ0n) is 10.8. The highest BCUT2D eigenvalue weighted by atomic mass is 16.5. The Bertz CT molecular complexity index is 332. The lowest BCUT2D eigenvalue weighted by Crippen LogP contribution is -2.09. The van der Waals surface area contributed by atoms with E-state index in [4.69, 9.17) is 10.5 Å². The zero-order valence-corrected chi connectivity index (χ0v) is 10.8. The van der Waals surface area contributed by atoms with Crippen molar-refractivity contribution in [3.63, 3.8) is 0 Å². The van der Waals surface area contributed by atoms with Crippen molar-refractivity contribution < 1.29 is 4.74 Å². The Morgan fingerprint density at radius 3 is 2.50 bits per heavy atom. The molecule has 2 heteroatoms. The molecule has 2 N–H and O–H groups in total. The first-order valence-corrected chi connectivity index (χ1v) is 5.99. The summed E-state index contributed by atoms with van der Waals surface area (Å²) >= 11 is 0. The molecule has 0 saturated heterocycles. The van der Waals surface area contributed by atoms with E-state index in [-0.39, 0.29) is 6.04 Å². The van der Waals surface area contributed by atoms with Gasteiger partial charge in [-0.1, -0.05) is 26.0 Å². The second-order valence-corrected chi connectivity index (χ2v) is 4.86. The van der Waals surface area contributed by atoms with Gasteiger partial charge in [-0.2, -0.15) is 0 Å². The lowest BCUT2D eigenvalue weighted by Gasteiger charge is -2.15. The van der Waals surface area contributed by atoms with Crippen LogP contribution in [0.25, 0.3) is 0 Å². The van der Waals surface area contributed by atoms with Gasteiger partial charge in [-0.25, -0.2) is 0 Å². The van der Waals surface area contributed by atoms with Crippen molar-refractivity contribution in [1.82, 2.24) is 0 Å². The molecule has 1 rings (SSSR count). The van der Waals surface area contributed by atoms with Crippen LogP contribution in [0.5, 0.6) is 5.75 Å². The Kier molecular flexibility index (Phi) is 4.81. The number of nitrogens with two attached hydrogens (primary N) is 1. The van der Waals surface area contributed by atoms with E-state index in [2.05, 4.69) is 39.0 Å². The zero-order chi connectivity index (χ0) is 12.1. The van der Waals surface area contributed by atoms with Gasteiger partial charge in [-0.05, 0) is 37.8 Å². The average molecular weight is 221 g/mol. The normalized spacial score (nSPS) is 12.9. The summed E-state index contributed by atoms with van der Waals surface area (Å²) < 4.78 is 5.81. The first kappa shape index (κ1) is 13.0. The minimum atomic E-state index is 0.0228. The molecule has 0 spiro atoms. The molecule has 0 aliphatic rings. The van der Waals surface area contributed by atoms with Gasteiger partial charge in [0.1, 0.15) is 5.75 Å². The number of rotatable bonds is 5. The summed E-state index contributed by atoms with van der Waals surface area (Å²) in [5.74, 6) is 1.61. The van der Waals surface area contributed by atoms with Crippen LogP contribution in [-0.2, 0) is 0 Å². The fourth-order valence-electron chi connectivity index (χ4n) is 1.55. The lowest BCUT2D eigenvalue weighted by atomic mass is 10.1. The van der Waals surface area contributed by atoms with Gasteiger partial charge in [0.2, 0.25) is 0 Å². The minimum absolute atomic E-state index is 0.0228. The lowest BCUT2D eigenvalue weighted by molar-refractivity contribution is 0.285. The Morgan fingerprint density at radius 2 is 1.94 bits per heavy atom. The quantitative estimate of drug-likeness (QED) is 0.826. The van der Waals surface area contributed by atoms with Crippen molar-refractivity contribution in [2.45, 2.75) is 40.2 Å². The van der Waals surface area contributed by atoms with Crippen LogP contribution in [0, 0.1) is 12.8 Å². The van der Waals surface area contributed by atoms with E-state index < -0.39 is 0 Å². The Balaban J connectivity index is 2.72. The second kappa shape index (κ2) is 5.90. The molecule has 0 aromatic heterocycles. The molecule has 0 bridgehead atoms. The van der Waals surface area contributed by atoms with Gasteiger partial charge >= 0.3 is 0 Å². The molecule has 0 radical (unpaired) electrons. The van der Waals surface area contributed by atoms with Crippen molar-refractivity contribution in [2.75, 3.05) is 6.61 Å². The van der Waals surface area contributed by atoms with E-state index in [1.807, 2.05) is 6.92 Å². The van der Waals surface area contributed by atoms with Crippen molar-refractivity contribution in [3.05, 3.63) is 29.3 Å². The first-order chi connectivity index (χ1) is 7.50. The van der Waals surface area contributed by atoms with Crippen LogP contribution < -0.4 is 10.5 Å². The maximum Gasteiger partial charge on any atom is 0.124 e. The smallest absolute Gasteiger partial charge is 0.124 e. The van der Waals surface area contributed by atoms with Gasteiger partial charge in [0.05, 0.1) is 6.61 Å². The monoisotopic (exact) mass is 221 g/mol. The molecule has 90 valence electrons. The molecule has 0 unspecified atom stereocenters. The maximum atomic E-state index is 5.92. The van der Waals surface area contributed by atoms with Crippen LogP contribution in [0.2, 0.25) is 0 Å². The third-order valence-electron chi connectivity index (χ3n) is 2.61. The summed E-state index contributed by atoms with van der Waals surface area (Å²) in [4.78, 5) is 0. The fourth-order valence-corrected chi connectivity index (χ4v) is 1.55. The Morgan fingerprint density at radius 1 is 1.25 bits per heavy atom. The number of aryl methyl sites for hydroxylation is 1. The van der Waals surface area contributed by atoms with Gasteiger partial charge in [-0.15, -0.1) is 0 Å². The first-order valence-electron chi connectivity index (χ1n) is 5.99. The summed E-state index contributed by atoms with van der Waals surface area (Å²) in [5.41, 5.74) is 8.22. The summed E-state index contributed by atoms with van der Waals surface area (Å²) in [5, 5.41) is 0. The number of hydrogen-bond donors (Lipinski definition) is 1. The minimum Gasteiger partial charge on any atom is -0.493 e. The van der Waals surface area contributed by atoms with E-state index in [1.165, 1.54) is 5.56 Å². The van der Waals surface area contributed by atoms with Crippen molar-refractivity contribution in [1.29, 1.82) is 0 Å². The van der Waals surface area contributed by atoms with Gasteiger partial charge in [0.25, 0.3) is 0 Å². The van der Waals surface area contributed by atoms with Gasteiger partial charge < -0.3 is 10.5 Å². The highest BCUT2D eigenvalue weighted by molar-refractivity contribution is 5.38. The molecule has 0 aliphatic heterocycles. The van der Waals surface area contributed by atoms with Crippen molar-refractivity contribution in [2.24, 2.45) is 11.7 Å². The number of benzene rings is 1. The Labute approximate surface area is 98.8 Å². The third-order valence-corrected chi connectivity index (χ3v) is 2.61. The predicted molar refractivity (Wildman–Crippen MR) is 68.7 cm³/mol. The second-order valence-electron chi connectivity index (χ2n) is 4.86. The van der Waals surface area contributed by atoms with E-state index in [0.29, 0.717) is 5.92 Å². The van der Waals surface area contributed by atoms with E-state index in [0.717, 1.165) is 24.3 Å². The predicted octanol–water partition coefficient (Wildman–Crippen LogP) is 3.44. The molecule has 16 heavy (non-hydrogen) atoms. The van der Waals surface area contributed by atoms with Crippen LogP contribution in [0.4, 0.5) is 0 Å². The van der Waals surface area contributed by atoms with Crippen molar-refractivity contribution in [3.8, 4) is 5.75 Å². The highest BCUT2D eigenvalue weighted by Gasteiger charge is 2.08. The van der Waals surface area contributed by atoms with Gasteiger partial charge in [0, 0.05) is 11.6 Å². The van der Waals surface area contributed by atoms with Crippen LogP contribution in [0.1, 0.15) is 44.4 Å². The maximum absolute atomic E-state index is 5.92. The topological polar surface area (TPSA) is 35.2 Å². The highest BCUT2D eigenvalue weighted by Crippen LogP contribution is 2.25. The van der Waals surface area contributed by atoms with E-state index in [1.54, 1.807) is 0 Å². The van der Waals surface area contributed by atoms with Crippen LogP contribution in [0.3, 0.4) is 0 Å². The van der Waals surface area contributed by atoms with Gasteiger partial charge in [0.15, 0.2) is 0 Å².